The van der Waals surface area contributed by atoms with E-state index in [4.69, 9.17) is 0 Å². The molecule has 3 N–H and O–H groups in total. The number of aromatic hydroxyl groups is 1. The number of aliphatic hydroxyl groups is 1. The molecular formula is C32H48F5O3S+. The average Bonchev–Trinajstić information content (AvgIpc) is 3.20. The lowest BCUT2D eigenvalue weighted by molar-refractivity contribution is -0.284. The van der Waals surface area contributed by atoms with E-state index in [-0.39, 0.29) is 23.7 Å². The summed E-state index contributed by atoms with van der Waals surface area (Å²) in [6.07, 6.45) is 6.32. The van der Waals surface area contributed by atoms with Gasteiger partial charge in [-0.15, -0.1) is 0 Å². The first kappa shape index (κ1) is 32.8. The van der Waals surface area contributed by atoms with E-state index in [2.05, 4.69) is 13.0 Å². The van der Waals surface area contributed by atoms with Crippen molar-refractivity contribution >= 4 is 11.2 Å². The Labute approximate surface area is 244 Å². The first-order chi connectivity index (χ1) is 19.3. The zero-order valence-electron chi connectivity index (χ0n) is 24.3. The van der Waals surface area contributed by atoms with Gasteiger partial charge < -0.3 is 10.2 Å². The summed E-state index contributed by atoms with van der Waals surface area (Å²) in [7, 11) is 0. The molecule has 9 heteroatoms. The zero-order chi connectivity index (χ0) is 29.8. The smallest absolute Gasteiger partial charge is 0.453 e. The lowest BCUT2D eigenvalue weighted by atomic mass is 9.52. The van der Waals surface area contributed by atoms with Gasteiger partial charge in [-0.2, -0.15) is 26.5 Å². The van der Waals surface area contributed by atoms with Gasteiger partial charge >= 0.3 is 12.1 Å². The zero-order valence-corrected chi connectivity index (χ0v) is 25.1. The van der Waals surface area contributed by atoms with E-state index in [0.29, 0.717) is 35.2 Å². The minimum Gasteiger partial charge on any atom is -0.508 e. The summed E-state index contributed by atoms with van der Waals surface area (Å²) in [5.74, 6) is -1.64. The Bertz CT molecular complexity index is 989. The second kappa shape index (κ2) is 13.7. The summed E-state index contributed by atoms with van der Waals surface area (Å²) in [4.78, 5) is 0. The van der Waals surface area contributed by atoms with Gasteiger partial charge in [0.2, 0.25) is 0 Å². The number of phenolic OH excluding ortho intramolecular Hbond substituents is 1. The van der Waals surface area contributed by atoms with Crippen LogP contribution in [0.4, 0.5) is 22.0 Å². The predicted molar refractivity (Wildman–Crippen MR) is 155 cm³/mol. The van der Waals surface area contributed by atoms with E-state index in [9.17, 15) is 36.7 Å². The summed E-state index contributed by atoms with van der Waals surface area (Å²) in [5, 5.41) is 21.0. The van der Waals surface area contributed by atoms with Crippen LogP contribution in [0.3, 0.4) is 0 Å². The van der Waals surface area contributed by atoms with Crippen molar-refractivity contribution in [2.75, 3.05) is 11.5 Å². The van der Waals surface area contributed by atoms with E-state index in [0.717, 1.165) is 77.0 Å². The Kier molecular flexibility index (Phi) is 11.0. The van der Waals surface area contributed by atoms with Gasteiger partial charge in [0.1, 0.15) is 28.4 Å². The molecule has 41 heavy (non-hydrogen) atoms. The molecule has 2 saturated carbocycles. The van der Waals surface area contributed by atoms with Crippen molar-refractivity contribution in [3.05, 3.63) is 29.3 Å². The van der Waals surface area contributed by atoms with Crippen molar-refractivity contribution < 1.29 is 36.7 Å². The monoisotopic (exact) mass is 607 g/mol. The second-order valence-electron chi connectivity index (χ2n) is 13.2. The highest BCUT2D eigenvalue weighted by molar-refractivity contribution is 7.91. The van der Waals surface area contributed by atoms with Crippen LogP contribution in [0, 0.1) is 23.2 Å². The van der Waals surface area contributed by atoms with Crippen LogP contribution in [-0.2, 0) is 17.6 Å². The molecule has 0 radical (unpaired) electrons. The van der Waals surface area contributed by atoms with Gasteiger partial charge in [0, 0.05) is 12.8 Å². The molecule has 0 aliphatic heterocycles. The largest absolute Gasteiger partial charge is 0.508 e. The third-order valence-corrected chi connectivity index (χ3v) is 12.1. The second-order valence-corrected chi connectivity index (χ2v) is 15.0. The van der Waals surface area contributed by atoms with E-state index < -0.39 is 29.7 Å². The van der Waals surface area contributed by atoms with Gasteiger partial charge in [-0.25, -0.2) is 0 Å². The number of unbranched alkanes of at least 4 members (excludes halogenated alkanes) is 6. The number of hydrogen-bond donors (Lipinski definition) is 3. The van der Waals surface area contributed by atoms with E-state index in [1.807, 2.05) is 12.1 Å². The molecule has 1 aromatic rings. The topological polar surface area (TPSA) is 60.7 Å². The molecule has 3 nitrogen and oxygen atoms in total. The molecule has 3 aliphatic rings. The van der Waals surface area contributed by atoms with Crippen molar-refractivity contribution in [1.29, 1.82) is 0 Å². The van der Waals surface area contributed by atoms with Gasteiger partial charge in [0.25, 0.3) is 0 Å². The van der Waals surface area contributed by atoms with Crippen LogP contribution in [0.5, 0.6) is 5.75 Å². The quantitative estimate of drug-likeness (QED) is 0.112. The van der Waals surface area contributed by atoms with Crippen LogP contribution < -0.4 is 0 Å². The Morgan fingerprint density at radius 1 is 0.902 bits per heavy atom. The van der Waals surface area contributed by atoms with Crippen molar-refractivity contribution in [3.8, 4) is 5.75 Å². The number of aliphatic hydroxyl groups excluding tert-OH is 1. The first-order valence-electron chi connectivity index (χ1n) is 15.6. The van der Waals surface area contributed by atoms with Crippen LogP contribution in [0.25, 0.3) is 0 Å². The fourth-order valence-electron chi connectivity index (χ4n) is 8.29. The number of phenols is 1. The lowest BCUT2D eigenvalue weighted by Crippen LogP contribution is -2.47. The van der Waals surface area contributed by atoms with E-state index >= 15 is 0 Å². The molecule has 0 aromatic heterocycles. The molecule has 1 aromatic carbocycles. The van der Waals surface area contributed by atoms with Gasteiger partial charge in [0.05, 0.1) is 6.10 Å². The molecule has 7 atom stereocenters. The van der Waals surface area contributed by atoms with Crippen LogP contribution in [0.15, 0.2) is 18.2 Å². The maximum absolute atomic E-state index is 13.0. The number of hydrogen-bond acceptors (Lipinski definition) is 3. The number of benzene rings is 1. The highest BCUT2D eigenvalue weighted by atomic mass is 32.2. The average molecular weight is 608 g/mol. The molecule has 4 rings (SSSR count). The minimum atomic E-state index is -5.52. The molecule has 0 saturated heterocycles. The maximum atomic E-state index is 13.0. The van der Waals surface area contributed by atoms with Gasteiger partial charge in [-0.05, 0) is 104 Å². The van der Waals surface area contributed by atoms with Crippen molar-refractivity contribution in [2.45, 2.75) is 127 Å². The number of alkyl halides is 5. The van der Waals surface area contributed by atoms with Crippen molar-refractivity contribution in [2.24, 2.45) is 23.2 Å². The molecule has 0 bridgehead atoms. The van der Waals surface area contributed by atoms with Crippen LogP contribution in [-0.4, -0.2) is 44.5 Å². The van der Waals surface area contributed by atoms with Gasteiger partial charge in [-0.1, -0.05) is 45.1 Å². The Hall–Kier alpha value is -1.06. The SMILES string of the molecule is C[C@]12CCC3c4ccc(O)cc4CC(CCCCCCCCC[S+](O)CCCC(F)(F)C(F)(F)F)C3C1CC[C@@H]2O. The molecule has 2 fully saturated rings. The summed E-state index contributed by atoms with van der Waals surface area (Å²) in [6.45, 7) is 2.31. The summed E-state index contributed by atoms with van der Waals surface area (Å²) >= 11 is -1.10. The molecule has 0 heterocycles. The molecule has 234 valence electrons. The van der Waals surface area contributed by atoms with Crippen molar-refractivity contribution in [1.82, 2.24) is 0 Å². The Balaban J connectivity index is 1.15. The summed E-state index contributed by atoms with van der Waals surface area (Å²) in [6, 6.07) is 5.93. The Morgan fingerprint density at radius 2 is 1.56 bits per heavy atom. The van der Waals surface area contributed by atoms with Crippen LogP contribution in [0.2, 0.25) is 0 Å². The number of fused-ring (bicyclic) bond motifs is 5. The van der Waals surface area contributed by atoms with Gasteiger partial charge in [-0.3, -0.25) is 0 Å². The normalized spacial score (nSPS) is 30.5. The van der Waals surface area contributed by atoms with Gasteiger partial charge in [0.15, 0.2) is 0 Å². The highest BCUT2D eigenvalue weighted by Crippen LogP contribution is 2.62. The molecule has 5 unspecified atom stereocenters. The molecule has 3 aliphatic carbocycles. The molecule has 0 spiro atoms. The Morgan fingerprint density at radius 3 is 2.27 bits per heavy atom. The highest BCUT2D eigenvalue weighted by Gasteiger charge is 2.57. The fraction of sp³-hybridized carbons (Fsp3) is 0.812. The lowest BCUT2D eigenvalue weighted by Gasteiger charge is -2.53. The third-order valence-electron chi connectivity index (χ3n) is 10.6. The minimum absolute atomic E-state index is 0.00223. The third kappa shape index (κ3) is 7.72. The maximum Gasteiger partial charge on any atom is 0.453 e. The first-order valence-corrected chi connectivity index (χ1v) is 17.2. The fourth-order valence-corrected chi connectivity index (χ4v) is 9.51. The number of halogens is 5. The molecule has 0 amide bonds. The molecular weight excluding hydrogens is 559 g/mol. The predicted octanol–water partition coefficient (Wildman–Crippen LogP) is 9.03. The summed E-state index contributed by atoms with van der Waals surface area (Å²) < 4.78 is 72.6. The van der Waals surface area contributed by atoms with E-state index in [1.165, 1.54) is 17.5 Å². The van der Waals surface area contributed by atoms with Crippen LogP contribution in [0.1, 0.15) is 114 Å². The van der Waals surface area contributed by atoms with Crippen LogP contribution >= 0.6 is 0 Å². The van der Waals surface area contributed by atoms with Crippen molar-refractivity contribution in [3.63, 3.8) is 0 Å². The summed E-state index contributed by atoms with van der Waals surface area (Å²) in [5.41, 5.74) is 2.74. The van der Waals surface area contributed by atoms with E-state index in [1.54, 1.807) is 0 Å². The standard InChI is InChI=1S/C32H47F5O3S/c1-30-17-15-26-25-12-11-24(38)21-23(25)20-22(29(26)27(30)13-14-28(30)39)10-7-5-3-2-4-6-8-18-41(40)19-9-16-31(33,34)32(35,36)37/h11-12,21-22,26-29,39-40H,2-10,13-20H2,1H3/p+1/t22?,26?,27?,28-,29?,30-,41?/m0/s1. The number of rotatable bonds is 14.